The van der Waals surface area contributed by atoms with Gasteiger partial charge in [-0.2, -0.15) is 0 Å². The fraction of sp³-hybridized carbons (Fsp3) is 0.560. The fourth-order valence-electron chi connectivity index (χ4n) is 3.30. The lowest BCUT2D eigenvalue weighted by molar-refractivity contribution is -0.143. The van der Waals surface area contributed by atoms with Crippen LogP contribution < -0.4 is 5.32 Å². The Labute approximate surface area is 196 Å². The number of carbonyl (C=O) groups is 3. The van der Waals surface area contributed by atoms with Crippen molar-refractivity contribution < 1.29 is 28.6 Å². The van der Waals surface area contributed by atoms with E-state index in [1.165, 1.54) is 7.11 Å². The minimum Gasteiger partial charge on any atom is -0.467 e. The van der Waals surface area contributed by atoms with E-state index in [-0.39, 0.29) is 12.5 Å². The molecule has 1 atom stereocenters. The monoisotopic (exact) mass is 460 g/mol. The van der Waals surface area contributed by atoms with E-state index in [0.717, 1.165) is 23.1 Å². The van der Waals surface area contributed by atoms with Gasteiger partial charge in [0.1, 0.15) is 17.2 Å². The van der Waals surface area contributed by atoms with Crippen LogP contribution >= 0.6 is 0 Å². The Morgan fingerprint density at radius 1 is 1.00 bits per heavy atom. The van der Waals surface area contributed by atoms with Gasteiger partial charge in [0.2, 0.25) is 0 Å². The zero-order valence-corrected chi connectivity index (χ0v) is 20.7. The molecular formula is C25H36N2O6. The molecular weight excluding hydrogens is 424 g/mol. The minimum absolute atomic E-state index is 0.275. The number of hydrogen-bond donors (Lipinski definition) is 1. The molecule has 33 heavy (non-hydrogen) atoms. The van der Waals surface area contributed by atoms with Crippen molar-refractivity contribution in [1.29, 1.82) is 0 Å². The summed E-state index contributed by atoms with van der Waals surface area (Å²) in [6.07, 6.45) is 2.06. The van der Waals surface area contributed by atoms with E-state index in [2.05, 4.69) is 5.32 Å². The van der Waals surface area contributed by atoms with Crippen LogP contribution in [0.15, 0.2) is 30.3 Å². The molecule has 2 amide bonds. The van der Waals surface area contributed by atoms with Gasteiger partial charge in [-0.3, -0.25) is 0 Å². The van der Waals surface area contributed by atoms with E-state index in [4.69, 9.17) is 14.2 Å². The summed E-state index contributed by atoms with van der Waals surface area (Å²) in [5.41, 5.74) is 1.89. The van der Waals surface area contributed by atoms with Crippen LogP contribution in [0.25, 0.3) is 5.57 Å². The lowest BCUT2D eigenvalue weighted by Crippen LogP contribution is -2.45. The molecule has 1 N–H and O–H groups in total. The Hall–Kier alpha value is -3.03. The number of benzene rings is 1. The molecule has 1 aromatic rings. The van der Waals surface area contributed by atoms with Crippen molar-refractivity contribution in [3.8, 4) is 0 Å². The second kappa shape index (κ2) is 10.7. The van der Waals surface area contributed by atoms with Gasteiger partial charge < -0.3 is 24.4 Å². The fourth-order valence-corrected chi connectivity index (χ4v) is 3.30. The molecule has 0 radical (unpaired) electrons. The van der Waals surface area contributed by atoms with Crippen LogP contribution in [-0.4, -0.2) is 60.5 Å². The van der Waals surface area contributed by atoms with Gasteiger partial charge >= 0.3 is 18.2 Å². The molecule has 0 bridgehead atoms. The third-order valence-electron chi connectivity index (χ3n) is 4.80. The molecule has 0 spiro atoms. The quantitative estimate of drug-likeness (QED) is 0.520. The number of ether oxygens (including phenoxy) is 3. The maximum absolute atomic E-state index is 12.2. The largest absolute Gasteiger partial charge is 0.467 e. The van der Waals surface area contributed by atoms with Gasteiger partial charge in [0.15, 0.2) is 0 Å². The van der Waals surface area contributed by atoms with Crippen molar-refractivity contribution >= 4 is 23.7 Å². The number of nitrogens with zero attached hydrogens (tertiary/aromatic N) is 1. The molecule has 1 aliphatic heterocycles. The molecule has 0 saturated heterocycles. The van der Waals surface area contributed by atoms with Gasteiger partial charge in [-0.15, -0.1) is 0 Å². The molecule has 0 saturated carbocycles. The standard InChI is InChI=1S/C25H36N2O6/c1-24(2,3)32-22(29)26-20(21(28)31-7)16-17-8-10-18(11-9-17)19-12-14-27(15-13-19)23(30)33-25(4,5)6/h8-12,20H,13-16H2,1-7H3,(H,26,29)/t20-/m0/s1. The van der Waals surface area contributed by atoms with E-state index in [9.17, 15) is 14.4 Å². The molecule has 1 aliphatic rings. The van der Waals surface area contributed by atoms with E-state index >= 15 is 0 Å². The van der Waals surface area contributed by atoms with E-state index < -0.39 is 29.3 Å². The van der Waals surface area contributed by atoms with Gasteiger partial charge in [0, 0.05) is 19.5 Å². The Morgan fingerprint density at radius 3 is 2.09 bits per heavy atom. The Balaban J connectivity index is 2.01. The number of methoxy groups -OCH3 is 1. The Kier molecular flexibility index (Phi) is 8.52. The molecule has 8 nitrogen and oxygen atoms in total. The Morgan fingerprint density at radius 2 is 1.61 bits per heavy atom. The maximum atomic E-state index is 12.2. The van der Waals surface area contributed by atoms with Crippen molar-refractivity contribution in [3.63, 3.8) is 0 Å². The normalized spacial score (nSPS) is 15.2. The highest BCUT2D eigenvalue weighted by molar-refractivity contribution is 5.81. The van der Waals surface area contributed by atoms with Crippen molar-refractivity contribution in [1.82, 2.24) is 10.2 Å². The summed E-state index contributed by atoms with van der Waals surface area (Å²) in [6.45, 7) is 11.9. The molecule has 0 aromatic heterocycles. The van der Waals surface area contributed by atoms with Gasteiger partial charge in [0.05, 0.1) is 7.11 Å². The molecule has 1 heterocycles. The smallest absolute Gasteiger partial charge is 0.410 e. The van der Waals surface area contributed by atoms with Gasteiger partial charge in [0.25, 0.3) is 0 Å². The molecule has 0 aliphatic carbocycles. The molecule has 2 rings (SSSR count). The average molecular weight is 461 g/mol. The first kappa shape index (κ1) is 26.2. The summed E-state index contributed by atoms with van der Waals surface area (Å²) in [6, 6.07) is 6.94. The zero-order valence-electron chi connectivity index (χ0n) is 20.7. The number of amides is 2. The van der Waals surface area contributed by atoms with E-state index in [1.54, 1.807) is 25.7 Å². The lowest BCUT2D eigenvalue weighted by Gasteiger charge is -2.29. The van der Waals surface area contributed by atoms with Crippen LogP contribution in [0.3, 0.4) is 0 Å². The molecule has 1 aromatic carbocycles. The maximum Gasteiger partial charge on any atom is 0.410 e. The van der Waals surface area contributed by atoms with Crippen LogP contribution in [-0.2, 0) is 25.4 Å². The second-order valence-corrected chi connectivity index (χ2v) is 10.0. The zero-order chi connectivity index (χ0) is 24.8. The second-order valence-electron chi connectivity index (χ2n) is 10.0. The third kappa shape index (κ3) is 8.79. The van der Waals surface area contributed by atoms with E-state index in [0.29, 0.717) is 13.1 Å². The number of hydrogen-bond acceptors (Lipinski definition) is 6. The summed E-state index contributed by atoms with van der Waals surface area (Å²) in [4.78, 5) is 38.2. The van der Waals surface area contributed by atoms with Gasteiger partial charge in [-0.25, -0.2) is 14.4 Å². The van der Waals surface area contributed by atoms with Gasteiger partial charge in [-0.05, 0) is 64.7 Å². The van der Waals surface area contributed by atoms with Crippen LogP contribution in [0, 0.1) is 0 Å². The van der Waals surface area contributed by atoms with Crippen molar-refractivity contribution in [2.24, 2.45) is 0 Å². The van der Waals surface area contributed by atoms with Crippen molar-refractivity contribution in [2.45, 2.75) is 71.6 Å². The highest BCUT2D eigenvalue weighted by Gasteiger charge is 2.26. The third-order valence-corrected chi connectivity index (χ3v) is 4.80. The summed E-state index contributed by atoms with van der Waals surface area (Å²) < 4.78 is 15.5. The summed E-state index contributed by atoms with van der Waals surface area (Å²) in [5.74, 6) is -0.540. The predicted molar refractivity (Wildman–Crippen MR) is 126 cm³/mol. The van der Waals surface area contributed by atoms with Crippen LogP contribution in [0.1, 0.15) is 59.1 Å². The topological polar surface area (TPSA) is 94.2 Å². The number of alkyl carbamates (subject to hydrolysis) is 1. The van der Waals surface area contributed by atoms with Crippen molar-refractivity contribution in [3.05, 3.63) is 41.5 Å². The molecule has 182 valence electrons. The summed E-state index contributed by atoms with van der Waals surface area (Å²) in [7, 11) is 1.28. The first-order valence-electron chi connectivity index (χ1n) is 11.1. The van der Waals surface area contributed by atoms with Crippen molar-refractivity contribution in [2.75, 3.05) is 20.2 Å². The van der Waals surface area contributed by atoms with Crippen LogP contribution in [0.5, 0.6) is 0 Å². The first-order valence-corrected chi connectivity index (χ1v) is 11.1. The Bertz CT molecular complexity index is 878. The number of carbonyl (C=O) groups excluding carboxylic acids is 3. The number of nitrogens with one attached hydrogen (secondary N) is 1. The highest BCUT2D eigenvalue weighted by Crippen LogP contribution is 2.24. The van der Waals surface area contributed by atoms with Gasteiger partial charge in [-0.1, -0.05) is 30.3 Å². The minimum atomic E-state index is -0.855. The van der Waals surface area contributed by atoms with E-state index in [1.807, 2.05) is 51.1 Å². The molecule has 0 unspecified atom stereocenters. The molecule has 0 fully saturated rings. The number of rotatable bonds is 5. The highest BCUT2D eigenvalue weighted by atomic mass is 16.6. The SMILES string of the molecule is COC(=O)[C@H](Cc1ccc(C2=CCN(C(=O)OC(C)(C)C)CC2)cc1)NC(=O)OC(C)(C)C. The average Bonchev–Trinajstić information content (AvgIpc) is 2.70. The van der Waals surface area contributed by atoms with Crippen LogP contribution in [0.2, 0.25) is 0 Å². The first-order chi connectivity index (χ1) is 15.3. The summed E-state index contributed by atoms with van der Waals surface area (Å²) >= 11 is 0. The lowest BCUT2D eigenvalue weighted by atomic mass is 9.97. The predicted octanol–water partition coefficient (Wildman–Crippen LogP) is 4.32. The number of esters is 1. The van der Waals surface area contributed by atoms with Crippen LogP contribution in [0.4, 0.5) is 9.59 Å². The summed E-state index contributed by atoms with van der Waals surface area (Å²) in [5, 5.41) is 2.59. The molecule has 8 heteroatoms.